The number of thioether (sulfide) groups is 1. The molecule has 8 nitrogen and oxygen atoms in total. The zero-order valence-electron chi connectivity index (χ0n) is 13.8. The molecule has 0 aliphatic rings. The third-order valence-electron chi connectivity index (χ3n) is 1.68. The van der Waals surface area contributed by atoms with Gasteiger partial charge in [0.05, 0.1) is 6.61 Å². The van der Waals surface area contributed by atoms with E-state index in [4.69, 9.17) is 24.7 Å². The quantitative estimate of drug-likeness (QED) is 0.390. The van der Waals surface area contributed by atoms with Crippen molar-refractivity contribution < 1.29 is 33.8 Å². The van der Waals surface area contributed by atoms with Gasteiger partial charge in [-0.2, -0.15) is 0 Å². The van der Waals surface area contributed by atoms with Gasteiger partial charge in [0.1, 0.15) is 0 Å². The van der Waals surface area contributed by atoms with E-state index in [0.717, 1.165) is 0 Å². The Kier molecular flexibility index (Phi) is 10.3. The molecular formula is C11H29NO7P2S. The molecule has 0 fully saturated rings. The topological polar surface area (TPSA) is 147 Å². The Morgan fingerprint density at radius 2 is 1.23 bits per heavy atom. The van der Waals surface area contributed by atoms with Crippen molar-refractivity contribution in [2.24, 2.45) is 0 Å². The van der Waals surface area contributed by atoms with Crippen LogP contribution in [-0.4, -0.2) is 52.8 Å². The molecule has 0 amide bonds. The van der Waals surface area contributed by atoms with Crippen molar-refractivity contribution in [1.29, 1.82) is 0 Å². The van der Waals surface area contributed by atoms with Gasteiger partial charge in [0, 0.05) is 16.8 Å². The third kappa shape index (κ3) is 15.5. The van der Waals surface area contributed by atoms with Crippen LogP contribution < -0.4 is 5.32 Å². The Balaban J connectivity index is 0. The van der Waals surface area contributed by atoms with Crippen molar-refractivity contribution >= 4 is 27.0 Å². The van der Waals surface area contributed by atoms with Crippen molar-refractivity contribution in [3.8, 4) is 0 Å². The van der Waals surface area contributed by atoms with E-state index in [2.05, 4.69) is 46.9 Å². The fourth-order valence-corrected chi connectivity index (χ4v) is 5.74. The highest BCUT2D eigenvalue weighted by Crippen LogP contribution is 2.64. The van der Waals surface area contributed by atoms with Gasteiger partial charge >= 0.3 is 15.2 Å². The highest BCUT2D eigenvalue weighted by Gasteiger charge is 2.43. The van der Waals surface area contributed by atoms with E-state index >= 15 is 0 Å². The number of aliphatic hydroxyl groups excluding tert-OH is 1. The van der Waals surface area contributed by atoms with Crippen molar-refractivity contribution in [2.75, 3.05) is 12.4 Å². The number of aliphatic hydroxyl groups is 1. The van der Waals surface area contributed by atoms with E-state index in [1.54, 1.807) is 0 Å². The van der Waals surface area contributed by atoms with Gasteiger partial charge in [0.2, 0.25) is 4.73 Å². The SMILES string of the molecule is CC(C)(C)NC(C)(C)C.O=P(O)(O)C(SCCO)P(=O)(O)O. The first-order valence-corrected chi connectivity index (χ1v) is 10.9. The third-order valence-corrected chi connectivity index (χ3v) is 7.90. The molecule has 0 heterocycles. The van der Waals surface area contributed by atoms with Gasteiger partial charge in [-0.3, -0.25) is 9.13 Å². The van der Waals surface area contributed by atoms with Crippen LogP contribution in [0.15, 0.2) is 0 Å². The van der Waals surface area contributed by atoms with E-state index in [9.17, 15) is 9.13 Å². The molecule has 0 aromatic heterocycles. The summed E-state index contributed by atoms with van der Waals surface area (Å²) in [5, 5.41) is 11.8. The zero-order chi connectivity index (χ0) is 18.4. The molecule has 136 valence electrons. The van der Waals surface area contributed by atoms with Crippen LogP contribution in [0, 0.1) is 0 Å². The first-order chi connectivity index (χ1) is 9.40. The second-order valence-corrected chi connectivity index (χ2v) is 12.4. The summed E-state index contributed by atoms with van der Waals surface area (Å²) in [6, 6.07) is 0. The first-order valence-electron chi connectivity index (χ1n) is 6.52. The predicted molar refractivity (Wildman–Crippen MR) is 90.1 cm³/mol. The molecule has 0 bridgehead atoms. The minimum Gasteiger partial charge on any atom is -0.396 e. The highest BCUT2D eigenvalue weighted by molar-refractivity contribution is 8.12. The van der Waals surface area contributed by atoms with Crippen LogP contribution in [0.25, 0.3) is 0 Å². The monoisotopic (exact) mass is 381 g/mol. The molecule has 0 aromatic rings. The van der Waals surface area contributed by atoms with E-state index in [1.165, 1.54) is 0 Å². The van der Waals surface area contributed by atoms with Gasteiger partial charge in [-0.15, -0.1) is 11.8 Å². The lowest BCUT2D eigenvalue weighted by atomic mass is 10.0. The maximum atomic E-state index is 10.6. The Morgan fingerprint density at radius 3 is 1.36 bits per heavy atom. The smallest absolute Gasteiger partial charge is 0.350 e. The fraction of sp³-hybridized carbons (Fsp3) is 1.00. The molecule has 0 spiro atoms. The minimum atomic E-state index is -4.84. The lowest BCUT2D eigenvalue weighted by molar-refractivity contribution is 0.303. The number of hydrogen-bond acceptors (Lipinski definition) is 5. The van der Waals surface area contributed by atoms with E-state index in [1.807, 2.05) is 0 Å². The normalized spacial score (nSPS) is 13.8. The summed E-state index contributed by atoms with van der Waals surface area (Å²) in [4.78, 5) is 34.2. The molecule has 0 atom stereocenters. The summed E-state index contributed by atoms with van der Waals surface area (Å²) < 4.78 is 19.1. The molecule has 0 rings (SSSR count). The molecule has 0 unspecified atom stereocenters. The van der Waals surface area contributed by atoms with E-state index in [0.29, 0.717) is 11.8 Å². The molecule has 11 heteroatoms. The average Bonchev–Trinajstić information content (AvgIpc) is 2.07. The summed E-state index contributed by atoms with van der Waals surface area (Å²) in [6.45, 7) is 12.7. The summed E-state index contributed by atoms with van der Waals surface area (Å²) in [5.74, 6) is -0.138. The van der Waals surface area contributed by atoms with Crippen LogP contribution in [0.3, 0.4) is 0 Å². The lowest BCUT2D eigenvalue weighted by Crippen LogP contribution is -2.48. The fourth-order valence-electron chi connectivity index (χ4n) is 1.67. The van der Waals surface area contributed by atoms with E-state index in [-0.39, 0.29) is 16.8 Å². The Morgan fingerprint density at radius 1 is 0.909 bits per heavy atom. The summed E-state index contributed by atoms with van der Waals surface area (Å²) in [7, 11) is -9.68. The minimum absolute atomic E-state index is 0.138. The maximum absolute atomic E-state index is 10.6. The van der Waals surface area contributed by atoms with Crippen LogP contribution in [0.2, 0.25) is 0 Å². The second-order valence-electron chi connectivity index (χ2n) is 6.72. The first kappa shape index (κ1) is 24.8. The molecule has 0 aliphatic heterocycles. The molecule has 0 saturated carbocycles. The Hall–Kier alpha value is 0.570. The molecular weight excluding hydrogens is 352 g/mol. The number of hydrogen-bond donors (Lipinski definition) is 6. The second kappa shape index (κ2) is 9.16. The van der Waals surface area contributed by atoms with Crippen LogP contribution in [0.5, 0.6) is 0 Å². The summed E-state index contributed by atoms with van der Waals surface area (Å²) >= 11 is 0.359. The number of rotatable bonds is 5. The number of nitrogens with one attached hydrogen (secondary N) is 1. The standard InChI is InChI=1S/C8H19N.C3H10O7P2S/c1-7(2,3)9-8(4,5)6;4-1-2-13-3(11(5,6)7)12(8,9)10/h9H,1-6H3;3-4H,1-2H2,(H2,5,6,7)(H2,8,9,10). The van der Waals surface area contributed by atoms with Crippen molar-refractivity contribution in [1.82, 2.24) is 5.32 Å². The molecule has 0 aliphatic carbocycles. The summed E-state index contributed by atoms with van der Waals surface area (Å²) in [5.41, 5.74) is 0.469. The average molecular weight is 381 g/mol. The molecule has 6 N–H and O–H groups in total. The van der Waals surface area contributed by atoms with Gasteiger partial charge in [-0.25, -0.2) is 0 Å². The zero-order valence-corrected chi connectivity index (χ0v) is 16.5. The van der Waals surface area contributed by atoms with Crippen LogP contribution in [0.4, 0.5) is 0 Å². The molecule has 0 aromatic carbocycles. The Bertz CT molecular complexity index is 374. The van der Waals surface area contributed by atoms with Crippen LogP contribution in [-0.2, 0) is 9.13 Å². The van der Waals surface area contributed by atoms with Gasteiger partial charge in [0.15, 0.2) is 0 Å². The summed E-state index contributed by atoms with van der Waals surface area (Å²) in [6.07, 6.45) is 0. The van der Waals surface area contributed by atoms with E-state index < -0.39 is 26.5 Å². The molecule has 0 saturated heterocycles. The maximum Gasteiger partial charge on any atom is 0.350 e. The highest BCUT2D eigenvalue weighted by atomic mass is 32.2. The van der Waals surface area contributed by atoms with Gasteiger partial charge in [-0.05, 0) is 41.5 Å². The van der Waals surface area contributed by atoms with Crippen LogP contribution in [0.1, 0.15) is 41.5 Å². The largest absolute Gasteiger partial charge is 0.396 e. The predicted octanol–water partition coefficient (Wildman–Crippen LogP) is 1.52. The van der Waals surface area contributed by atoms with Crippen LogP contribution >= 0.6 is 27.0 Å². The molecule has 22 heavy (non-hydrogen) atoms. The van der Waals surface area contributed by atoms with Crippen molar-refractivity contribution in [3.63, 3.8) is 0 Å². The molecule has 0 radical (unpaired) electrons. The Labute approximate surface area is 136 Å². The van der Waals surface area contributed by atoms with Crippen molar-refractivity contribution in [3.05, 3.63) is 0 Å². The van der Waals surface area contributed by atoms with Gasteiger partial charge in [0.25, 0.3) is 0 Å². The van der Waals surface area contributed by atoms with Crippen molar-refractivity contribution in [2.45, 2.75) is 57.4 Å². The van der Waals surface area contributed by atoms with Gasteiger partial charge < -0.3 is 30.0 Å². The lowest BCUT2D eigenvalue weighted by Gasteiger charge is -2.31. The van der Waals surface area contributed by atoms with Gasteiger partial charge in [-0.1, -0.05) is 0 Å².